The number of ether oxygens (including phenoxy) is 1. The molecule has 0 aliphatic rings. The fourth-order valence-corrected chi connectivity index (χ4v) is 4.90. The number of carbonyl (C=O) groups is 1. The molecular formula is C27H21F3N4O3S. The van der Waals surface area contributed by atoms with E-state index in [-0.39, 0.29) is 11.3 Å². The van der Waals surface area contributed by atoms with Crippen LogP contribution in [0.1, 0.15) is 11.1 Å². The Balaban J connectivity index is 1.47. The summed E-state index contributed by atoms with van der Waals surface area (Å²) in [4.78, 5) is 34.4. The third-order valence-electron chi connectivity index (χ3n) is 6.02. The van der Waals surface area contributed by atoms with Crippen molar-refractivity contribution in [3.05, 3.63) is 88.2 Å². The molecule has 7 nitrogen and oxygen atoms in total. The molecule has 0 bridgehead atoms. The van der Waals surface area contributed by atoms with Crippen molar-refractivity contribution in [3.8, 4) is 11.4 Å². The van der Waals surface area contributed by atoms with Crippen LogP contribution in [0.4, 0.5) is 18.9 Å². The number of nitrogens with one attached hydrogen (secondary N) is 2. The summed E-state index contributed by atoms with van der Waals surface area (Å²) < 4.78 is 42.5. The fourth-order valence-electron chi connectivity index (χ4n) is 4.10. The van der Waals surface area contributed by atoms with E-state index in [4.69, 9.17) is 4.98 Å². The number of hydrogen-bond acceptors (Lipinski definition) is 5. The highest BCUT2D eigenvalue weighted by Crippen LogP contribution is 2.28. The molecule has 0 spiro atoms. The number of rotatable bonds is 6. The largest absolute Gasteiger partial charge is 0.573 e. The van der Waals surface area contributed by atoms with Gasteiger partial charge < -0.3 is 15.0 Å². The third kappa shape index (κ3) is 5.10. The van der Waals surface area contributed by atoms with Gasteiger partial charge in [0.15, 0.2) is 5.16 Å². The molecule has 0 aliphatic heterocycles. The number of aromatic amines is 1. The van der Waals surface area contributed by atoms with E-state index in [1.807, 2.05) is 56.3 Å². The molecule has 38 heavy (non-hydrogen) atoms. The first-order valence-corrected chi connectivity index (χ1v) is 12.5. The van der Waals surface area contributed by atoms with Gasteiger partial charge >= 0.3 is 6.36 Å². The lowest BCUT2D eigenvalue weighted by atomic mass is 10.1. The molecule has 11 heteroatoms. The van der Waals surface area contributed by atoms with Gasteiger partial charge in [-0.1, -0.05) is 42.1 Å². The van der Waals surface area contributed by atoms with Gasteiger partial charge in [-0.05, 0) is 61.4 Å². The van der Waals surface area contributed by atoms with E-state index >= 15 is 0 Å². The predicted molar refractivity (Wildman–Crippen MR) is 141 cm³/mol. The summed E-state index contributed by atoms with van der Waals surface area (Å²) >= 11 is 1.09. The molecular weight excluding hydrogens is 517 g/mol. The van der Waals surface area contributed by atoms with Crippen molar-refractivity contribution < 1.29 is 22.7 Å². The maximum Gasteiger partial charge on any atom is 0.573 e. The number of H-pyrrole nitrogens is 1. The zero-order valence-corrected chi connectivity index (χ0v) is 21.0. The number of aromatic nitrogens is 3. The molecule has 2 N–H and O–H groups in total. The van der Waals surface area contributed by atoms with Crippen LogP contribution in [-0.4, -0.2) is 32.6 Å². The van der Waals surface area contributed by atoms with Gasteiger partial charge in [-0.15, -0.1) is 13.2 Å². The lowest BCUT2D eigenvalue weighted by molar-refractivity contribution is -0.274. The zero-order chi connectivity index (χ0) is 27.0. The molecule has 1 amide bonds. The number of nitrogens with zero attached hydrogens (tertiary/aromatic N) is 2. The van der Waals surface area contributed by atoms with Crippen LogP contribution >= 0.6 is 11.8 Å². The smallest absolute Gasteiger partial charge is 0.406 e. The Bertz CT molecular complexity index is 1730. The Hall–Kier alpha value is -4.25. The van der Waals surface area contributed by atoms with E-state index in [9.17, 15) is 22.8 Å². The molecule has 0 atom stereocenters. The number of amides is 1. The van der Waals surface area contributed by atoms with Crippen molar-refractivity contribution in [2.75, 3.05) is 11.1 Å². The number of halogens is 3. The first-order valence-electron chi connectivity index (χ1n) is 11.5. The molecule has 5 aromatic rings. The summed E-state index contributed by atoms with van der Waals surface area (Å²) in [6, 6.07) is 17.9. The van der Waals surface area contributed by atoms with Gasteiger partial charge in [0, 0.05) is 16.6 Å². The van der Waals surface area contributed by atoms with Gasteiger partial charge in [0.05, 0.1) is 11.4 Å². The number of thioether (sulfide) groups is 1. The van der Waals surface area contributed by atoms with Crippen LogP contribution in [0.5, 0.6) is 5.75 Å². The van der Waals surface area contributed by atoms with Crippen molar-refractivity contribution in [2.45, 2.75) is 25.4 Å². The lowest BCUT2D eigenvalue weighted by Gasteiger charge is -2.15. The van der Waals surface area contributed by atoms with Gasteiger partial charge in [-0.25, -0.2) is 4.98 Å². The standard InChI is InChI=1S/C27H21F3N4O3S/c1-15-6-5-9-21(16(15)2)34-25(36)24-23(19-7-3-4-8-20(19)32-24)33-26(34)38-14-22(35)31-17-10-12-18(13-11-17)37-27(28,29)30/h3-13,32H,14H2,1-2H3,(H,31,35). The van der Waals surface area contributed by atoms with Crippen LogP contribution in [0.2, 0.25) is 0 Å². The molecule has 3 aromatic carbocycles. The Morgan fingerprint density at radius 2 is 1.79 bits per heavy atom. The number of aryl methyl sites for hydroxylation is 1. The van der Waals surface area contributed by atoms with Gasteiger partial charge in [-0.2, -0.15) is 0 Å². The molecule has 5 rings (SSSR count). The van der Waals surface area contributed by atoms with Crippen molar-refractivity contribution in [2.24, 2.45) is 0 Å². The molecule has 0 fully saturated rings. The maximum absolute atomic E-state index is 13.7. The quantitative estimate of drug-likeness (QED) is 0.201. The molecule has 0 radical (unpaired) electrons. The van der Waals surface area contributed by atoms with E-state index in [0.717, 1.165) is 45.9 Å². The van der Waals surface area contributed by atoms with Gasteiger partial charge in [-0.3, -0.25) is 14.2 Å². The van der Waals surface area contributed by atoms with Gasteiger partial charge in [0.25, 0.3) is 5.56 Å². The molecule has 2 heterocycles. The van der Waals surface area contributed by atoms with Crippen molar-refractivity contribution in [1.29, 1.82) is 0 Å². The summed E-state index contributed by atoms with van der Waals surface area (Å²) in [7, 11) is 0. The highest BCUT2D eigenvalue weighted by molar-refractivity contribution is 7.99. The van der Waals surface area contributed by atoms with Crippen LogP contribution in [-0.2, 0) is 4.79 Å². The zero-order valence-electron chi connectivity index (χ0n) is 20.2. The average molecular weight is 539 g/mol. The van der Waals surface area contributed by atoms with Crippen LogP contribution < -0.4 is 15.6 Å². The fraction of sp³-hybridized carbons (Fsp3) is 0.148. The monoisotopic (exact) mass is 538 g/mol. The van der Waals surface area contributed by atoms with E-state index in [2.05, 4.69) is 15.0 Å². The van der Waals surface area contributed by atoms with Crippen LogP contribution in [0.25, 0.3) is 27.6 Å². The van der Waals surface area contributed by atoms with Crippen molar-refractivity contribution in [3.63, 3.8) is 0 Å². The Kier molecular flexibility index (Phi) is 6.62. The molecule has 2 aromatic heterocycles. The van der Waals surface area contributed by atoms with Crippen LogP contribution in [0.3, 0.4) is 0 Å². The second-order valence-electron chi connectivity index (χ2n) is 8.56. The Morgan fingerprint density at radius 1 is 1.05 bits per heavy atom. The van der Waals surface area contributed by atoms with E-state index < -0.39 is 18.0 Å². The number of fused-ring (bicyclic) bond motifs is 3. The normalized spacial score (nSPS) is 11.7. The summed E-state index contributed by atoms with van der Waals surface area (Å²) in [6.07, 6.45) is -4.80. The second kappa shape index (κ2) is 9.90. The highest BCUT2D eigenvalue weighted by Gasteiger charge is 2.31. The van der Waals surface area contributed by atoms with Crippen LogP contribution in [0, 0.1) is 13.8 Å². The number of alkyl halides is 3. The third-order valence-corrected chi connectivity index (χ3v) is 6.95. The van der Waals surface area contributed by atoms with Crippen molar-refractivity contribution in [1.82, 2.24) is 14.5 Å². The first-order chi connectivity index (χ1) is 18.1. The van der Waals surface area contributed by atoms with Gasteiger partial charge in [0.1, 0.15) is 16.8 Å². The van der Waals surface area contributed by atoms with E-state index in [0.29, 0.717) is 27.6 Å². The molecule has 0 saturated carbocycles. The number of anilines is 1. The summed E-state index contributed by atoms with van der Waals surface area (Å²) in [5.41, 5.74) is 4.22. The number of benzene rings is 3. The predicted octanol–water partition coefficient (Wildman–Crippen LogP) is 6.11. The molecule has 0 aliphatic carbocycles. The Labute approximate surface area is 218 Å². The minimum atomic E-state index is -4.80. The first kappa shape index (κ1) is 25.4. The molecule has 0 unspecified atom stereocenters. The van der Waals surface area contributed by atoms with Crippen LogP contribution in [0.15, 0.2) is 76.7 Å². The highest BCUT2D eigenvalue weighted by atomic mass is 32.2. The number of hydrogen-bond donors (Lipinski definition) is 2. The van der Waals surface area contributed by atoms with E-state index in [1.54, 1.807) is 0 Å². The summed E-state index contributed by atoms with van der Waals surface area (Å²) in [6.45, 7) is 3.86. The number of carbonyl (C=O) groups excluding carboxylic acids is 1. The summed E-state index contributed by atoms with van der Waals surface area (Å²) in [5.74, 6) is -0.898. The minimum Gasteiger partial charge on any atom is -0.406 e. The topological polar surface area (TPSA) is 89.0 Å². The summed E-state index contributed by atoms with van der Waals surface area (Å²) in [5, 5.41) is 3.77. The van der Waals surface area contributed by atoms with Crippen molar-refractivity contribution >= 4 is 45.3 Å². The number of para-hydroxylation sites is 1. The minimum absolute atomic E-state index is 0.0913. The van der Waals surface area contributed by atoms with Gasteiger partial charge in [0.2, 0.25) is 5.91 Å². The Morgan fingerprint density at radius 3 is 2.53 bits per heavy atom. The molecule has 0 saturated heterocycles. The van der Waals surface area contributed by atoms with E-state index in [1.165, 1.54) is 16.7 Å². The SMILES string of the molecule is Cc1cccc(-n2c(SCC(=O)Nc3ccc(OC(F)(F)F)cc3)nc3c([nH]c4ccccc43)c2=O)c1C. The average Bonchev–Trinajstić information content (AvgIpc) is 3.24. The second-order valence-corrected chi connectivity index (χ2v) is 9.50. The molecule has 194 valence electrons. The lowest BCUT2D eigenvalue weighted by Crippen LogP contribution is -2.23. The maximum atomic E-state index is 13.7.